The largest absolute Gasteiger partial charge is 0.433 e. The third kappa shape index (κ3) is 5.79. The zero-order valence-corrected chi connectivity index (χ0v) is 15.5. The fourth-order valence-electron chi connectivity index (χ4n) is 2.17. The molecule has 0 spiro atoms. The first kappa shape index (κ1) is 19.4. The molecule has 0 aliphatic rings. The number of carbonyl (C=O) groups is 1. The van der Waals surface area contributed by atoms with E-state index in [2.05, 4.69) is 47.4 Å². The van der Waals surface area contributed by atoms with Gasteiger partial charge in [0.15, 0.2) is 14.6 Å². The second-order valence-corrected chi connectivity index (χ2v) is 11.7. The van der Waals surface area contributed by atoms with Crippen LogP contribution in [0.2, 0.25) is 18.1 Å². The summed E-state index contributed by atoms with van der Waals surface area (Å²) in [5.74, 6) is 0.252. The minimum absolute atomic E-state index is 0.129. The van der Waals surface area contributed by atoms with Crippen molar-refractivity contribution in [1.82, 2.24) is 0 Å². The lowest BCUT2D eigenvalue weighted by Crippen LogP contribution is -2.46. The van der Waals surface area contributed by atoms with Gasteiger partial charge in [-0.3, -0.25) is 0 Å². The first-order chi connectivity index (χ1) is 8.93. The molecule has 1 atom stereocenters. The molecule has 0 bridgehead atoms. The van der Waals surface area contributed by atoms with E-state index in [4.69, 9.17) is 9.16 Å². The highest BCUT2D eigenvalue weighted by Gasteiger charge is 2.43. The molecule has 0 aromatic carbocycles. The molecule has 4 heteroatoms. The standard InChI is InChI=1S/C16H32O3Si/c1-10-14(18-15(17)13(4)5)19-20(8,9)16(6,7)11-12(2)3/h12,14H,4,10-11H2,1-3,5-9H3. The van der Waals surface area contributed by atoms with E-state index in [0.29, 0.717) is 17.9 Å². The second-order valence-electron chi connectivity index (χ2n) is 7.13. The highest BCUT2D eigenvalue weighted by atomic mass is 28.4. The van der Waals surface area contributed by atoms with Gasteiger partial charge in [0.2, 0.25) is 0 Å². The lowest BCUT2D eigenvalue weighted by Gasteiger charge is -2.42. The first-order valence-electron chi connectivity index (χ1n) is 7.47. The molecule has 0 amide bonds. The smallest absolute Gasteiger partial charge is 0.335 e. The van der Waals surface area contributed by atoms with Crippen LogP contribution >= 0.6 is 0 Å². The van der Waals surface area contributed by atoms with E-state index in [1.807, 2.05) is 6.92 Å². The van der Waals surface area contributed by atoms with Crippen molar-refractivity contribution in [3.8, 4) is 0 Å². The molecule has 0 radical (unpaired) electrons. The lowest BCUT2D eigenvalue weighted by molar-refractivity contribution is -0.160. The molecule has 0 fully saturated rings. The maximum atomic E-state index is 11.6. The van der Waals surface area contributed by atoms with Gasteiger partial charge in [0.25, 0.3) is 0 Å². The predicted molar refractivity (Wildman–Crippen MR) is 87.0 cm³/mol. The highest BCUT2D eigenvalue weighted by Crippen LogP contribution is 2.44. The fourth-order valence-corrected chi connectivity index (χ4v) is 4.26. The number of hydrogen-bond acceptors (Lipinski definition) is 3. The van der Waals surface area contributed by atoms with Crippen LogP contribution in [0.3, 0.4) is 0 Å². The van der Waals surface area contributed by atoms with E-state index in [1.54, 1.807) is 6.92 Å². The molecular weight excluding hydrogens is 268 g/mol. The Morgan fingerprint density at radius 3 is 2.15 bits per heavy atom. The minimum atomic E-state index is -1.99. The molecule has 1 unspecified atom stereocenters. The van der Waals surface area contributed by atoms with Gasteiger partial charge in [0, 0.05) is 12.0 Å². The molecule has 0 N–H and O–H groups in total. The number of rotatable bonds is 8. The minimum Gasteiger partial charge on any atom is -0.433 e. The summed E-state index contributed by atoms with van der Waals surface area (Å²) in [6, 6.07) is 0. The molecule has 3 nitrogen and oxygen atoms in total. The summed E-state index contributed by atoms with van der Waals surface area (Å²) in [6.45, 7) is 20.6. The number of ether oxygens (including phenoxy) is 1. The molecular formula is C16H32O3Si. The van der Waals surface area contributed by atoms with Crippen molar-refractivity contribution < 1.29 is 14.0 Å². The van der Waals surface area contributed by atoms with Crippen molar-refractivity contribution in [2.45, 2.75) is 78.8 Å². The molecule has 0 aliphatic heterocycles. The quantitative estimate of drug-likeness (QED) is 0.277. The summed E-state index contributed by atoms with van der Waals surface area (Å²) in [6.07, 6.45) is 1.30. The maximum Gasteiger partial charge on any atom is 0.335 e. The predicted octanol–water partition coefficient (Wildman–Crippen LogP) is 4.89. The van der Waals surface area contributed by atoms with Crippen LogP contribution < -0.4 is 0 Å². The van der Waals surface area contributed by atoms with Gasteiger partial charge in [-0.2, -0.15) is 0 Å². The zero-order chi connectivity index (χ0) is 16.1. The van der Waals surface area contributed by atoms with Crippen molar-refractivity contribution >= 4 is 14.3 Å². The van der Waals surface area contributed by atoms with Crippen LogP contribution in [0.25, 0.3) is 0 Å². The van der Waals surface area contributed by atoms with Gasteiger partial charge in [-0.05, 0) is 37.4 Å². The topological polar surface area (TPSA) is 35.5 Å². The molecule has 20 heavy (non-hydrogen) atoms. The number of esters is 1. The third-order valence-corrected chi connectivity index (χ3v) is 8.21. The molecule has 0 saturated heterocycles. The van der Waals surface area contributed by atoms with E-state index < -0.39 is 14.6 Å². The van der Waals surface area contributed by atoms with Gasteiger partial charge < -0.3 is 9.16 Å². The monoisotopic (exact) mass is 300 g/mol. The molecule has 0 heterocycles. The third-order valence-electron chi connectivity index (χ3n) is 3.89. The maximum absolute atomic E-state index is 11.6. The molecule has 118 valence electrons. The Hall–Kier alpha value is -0.613. The van der Waals surface area contributed by atoms with Crippen LogP contribution in [-0.2, 0) is 14.0 Å². The van der Waals surface area contributed by atoms with Crippen LogP contribution in [0, 0.1) is 5.92 Å². The van der Waals surface area contributed by atoms with E-state index >= 15 is 0 Å². The van der Waals surface area contributed by atoms with Gasteiger partial charge >= 0.3 is 5.97 Å². The van der Waals surface area contributed by atoms with Crippen molar-refractivity contribution in [2.24, 2.45) is 5.92 Å². The van der Waals surface area contributed by atoms with E-state index in [9.17, 15) is 4.79 Å². The highest BCUT2D eigenvalue weighted by molar-refractivity contribution is 6.74. The zero-order valence-electron chi connectivity index (χ0n) is 14.5. The number of hydrogen-bond donors (Lipinski definition) is 0. The number of carbonyl (C=O) groups excluding carboxylic acids is 1. The Balaban J connectivity index is 4.85. The van der Waals surface area contributed by atoms with Gasteiger partial charge in [-0.25, -0.2) is 4.79 Å². The summed E-state index contributed by atoms with van der Waals surface area (Å²) in [7, 11) is -1.99. The Morgan fingerprint density at radius 1 is 1.30 bits per heavy atom. The van der Waals surface area contributed by atoms with E-state index in [1.165, 1.54) is 0 Å². The van der Waals surface area contributed by atoms with Crippen LogP contribution in [0.5, 0.6) is 0 Å². The Labute approximate surface area is 125 Å². The summed E-state index contributed by atoms with van der Waals surface area (Å²) >= 11 is 0. The van der Waals surface area contributed by atoms with E-state index in [-0.39, 0.29) is 11.0 Å². The Kier molecular flexibility index (Phi) is 7.18. The Bertz CT molecular complexity index is 346. The fraction of sp³-hybridized carbons (Fsp3) is 0.812. The Morgan fingerprint density at radius 2 is 1.80 bits per heavy atom. The van der Waals surface area contributed by atoms with Gasteiger partial charge in [0.05, 0.1) is 0 Å². The normalized spacial score (nSPS) is 14.2. The summed E-state index contributed by atoms with van der Waals surface area (Å²) in [5.41, 5.74) is 0.410. The SMILES string of the molecule is C=C(C)C(=O)OC(CC)O[Si](C)(C)C(C)(C)CC(C)C. The molecule has 0 aliphatic carbocycles. The summed E-state index contributed by atoms with van der Waals surface area (Å²) < 4.78 is 11.6. The van der Waals surface area contributed by atoms with E-state index in [0.717, 1.165) is 6.42 Å². The van der Waals surface area contributed by atoms with Crippen molar-refractivity contribution in [2.75, 3.05) is 0 Å². The van der Waals surface area contributed by atoms with Crippen LogP contribution in [0.1, 0.15) is 54.4 Å². The molecule has 0 saturated carbocycles. The summed E-state index contributed by atoms with van der Waals surface area (Å²) in [4.78, 5) is 11.6. The van der Waals surface area contributed by atoms with Gasteiger partial charge in [0.1, 0.15) is 0 Å². The molecule has 0 rings (SSSR count). The molecule has 0 aromatic rings. The second kappa shape index (κ2) is 7.41. The lowest BCUT2D eigenvalue weighted by atomic mass is 10.00. The average molecular weight is 301 g/mol. The van der Waals surface area contributed by atoms with Crippen LogP contribution in [0.15, 0.2) is 12.2 Å². The first-order valence-corrected chi connectivity index (χ1v) is 10.4. The summed E-state index contributed by atoms with van der Waals surface area (Å²) in [5, 5.41) is 0.129. The van der Waals surface area contributed by atoms with Crippen molar-refractivity contribution in [3.63, 3.8) is 0 Å². The molecule has 0 aromatic heterocycles. The van der Waals surface area contributed by atoms with Gasteiger partial charge in [-0.15, -0.1) is 0 Å². The van der Waals surface area contributed by atoms with Crippen LogP contribution in [0.4, 0.5) is 0 Å². The van der Waals surface area contributed by atoms with Crippen LogP contribution in [-0.4, -0.2) is 20.6 Å². The average Bonchev–Trinajstić information content (AvgIpc) is 2.25. The van der Waals surface area contributed by atoms with Crippen molar-refractivity contribution in [3.05, 3.63) is 12.2 Å². The van der Waals surface area contributed by atoms with Gasteiger partial charge in [-0.1, -0.05) is 41.2 Å². The van der Waals surface area contributed by atoms with Crippen molar-refractivity contribution in [1.29, 1.82) is 0 Å².